The van der Waals surface area contributed by atoms with Crippen LogP contribution in [0.3, 0.4) is 0 Å². The van der Waals surface area contributed by atoms with Crippen LogP contribution >= 0.6 is 0 Å². The van der Waals surface area contributed by atoms with Gasteiger partial charge in [0.2, 0.25) is 0 Å². The molecule has 2 aromatic carbocycles. The lowest BCUT2D eigenvalue weighted by molar-refractivity contribution is 0.168. The van der Waals surface area contributed by atoms with Crippen molar-refractivity contribution in [2.24, 2.45) is 0 Å². The van der Waals surface area contributed by atoms with Crippen LogP contribution < -0.4 is 16.5 Å². The molecule has 2 heterocycles. The molecule has 8 heteroatoms. The van der Waals surface area contributed by atoms with Crippen LogP contribution in [0.5, 0.6) is 0 Å². The van der Waals surface area contributed by atoms with Gasteiger partial charge >= 0.3 is 11.7 Å². The molecule has 0 aliphatic carbocycles. The Bertz CT molecular complexity index is 1390. The maximum Gasteiger partial charge on any atom is 0.411 e. The van der Waals surface area contributed by atoms with Gasteiger partial charge in [-0.3, -0.25) is 14.7 Å². The standard InChI is InChI=1S/C22H19N3O5/c1-3-29-22(28)24-15-5-6-16-14(9-20(26)30-19(16)10-15)11-25-12-23-18-7-4-13(2)8-17(18)21(25)27/h4-10,12H,3,11H2,1-2H3,(H,24,28). The maximum atomic E-state index is 12.9. The topological polar surface area (TPSA) is 103 Å². The second kappa shape index (κ2) is 7.82. The number of ether oxygens (including phenoxy) is 1. The van der Waals surface area contributed by atoms with E-state index in [0.29, 0.717) is 33.1 Å². The normalized spacial score (nSPS) is 11.0. The van der Waals surface area contributed by atoms with Gasteiger partial charge in [-0.1, -0.05) is 11.6 Å². The molecule has 0 radical (unpaired) electrons. The van der Waals surface area contributed by atoms with Crippen LogP contribution in [0.15, 0.2) is 62.8 Å². The maximum absolute atomic E-state index is 12.9. The summed E-state index contributed by atoms with van der Waals surface area (Å²) in [6.45, 7) is 4.01. The number of nitrogens with zero attached hydrogens (tertiary/aromatic N) is 2. The van der Waals surface area contributed by atoms with Crippen molar-refractivity contribution in [1.82, 2.24) is 9.55 Å². The first kappa shape index (κ1) is 19.4. The van der Waals surface area contributed by atoms with E-state index in [1.165, 1.54) is 17.0 Å². The number of hydrogen-bond donors (Lipinski definition) is 1. The molecule has 1 N–H and O–H groups in total. The summed E-state index contributed by atoms with van der Waals surface area (Å²) in [5.41, 5.74) is 2.18. The molecular formula is C22H19N3O5. The lowest BCUT2D eigenvalue weighted by Gasteiger charge is -2.10. The van der Waals surface area contributed by atoms with E-state index in [4.69, 9.17) is 9.15 Å². The molecule has 0 aliphatic heterocycles. The van der Waals surface area contributed by atoms with Crippen LogP contribution in [-0.2, 0) is 11.3 Å². The zero-order valence-corrected chi connectivity index (χ0v) is 16.5. The number of aromatic nitrogens is 2. The first-order chi connectivity index (χ1) is 14.4. The van der Waals surface area contributed by atoms with Gasteiger partial charge in [0, 0.05) is 23.2 Å². The number of fused-ring (bicyclic) bond motifs is 2. The highest BCUT2D eigenvalue weighted by molar-refractivity contribution is 5.90. The number of hydrogen-bond acceptors (Lipinski definition) is 6. The van der Waals surface area contributed by atoms with Gasteiger partial charge in [-0.05, 0) is 43.7 Å². The molecule has 0 spiro atoms. The fourth-order valence-corrected chi connectivity index (χ4v) is 3.29. The summed E-state index contributed by atoms with van der Waals surface area (Å²) in [4.78, 5) is 41.0. The van der Waals surface area contributed by atoms with Crippen molar-refractivity contribution in [1.29, 1.82) is 0 Å². The van der Waals surface area contributed by atoms with Crippen LogP contribution in [0.2, 0.25) is 0 Å². The number of carbonyl (C=O) groups excluding carboxylic acids is 1. The fraction of sp³-hybridized carbons (Fsp3) is 0.182. The predicted molar refractivity (Wildman–Crippen MR) is 113 cm³/mol. The second-order valence-corrected chi connectivity index (χ2v) is 6.85. The highest BCUT2D eigenvalue weighted by Gasteiger charge is 2.11. The summed E-state index contributed by atoms with van der Waals surface area (Å²) in [6, 6.07) is 11.8. The SMILES string of the molecule is CCOC(=O)Nc1ccc2c(Cn3cnc4ccc(C)cc4c3=O)cc(=O)oc2c1. The first-order valence-electron chi connectivity index (χ1n) is 9.41. The summed E-state index contributed by atoms with van der Waals surface area (Å²) in [5, 5.41) is 3.74. The fourth-order valence-electron chi connectivity index (χ4n) is 3.29. The zero-order chi connectivity index (χ0) is 21.3. The largest absolute Gasteiger partial charge is 0.450 e. The molecule has 152 valence electrons. The molecule has 0 bridgehead atoms. The van der Waals surface area contributed by atoms with Crippen molar-refractivity contribution in [3.05, 3.63) is 80.7 Å². The van der Waals surface area contributed by atoms with Gasteiger partial charge in [0.05, 0.1) is 30.4 Å². The Morgan fingerprint density at radius 2 is 1.97 bits per heavy atom. The molecule has 0 aliphatic rings. The van der Waals surface area contributed by atoms with Gasteiger partial charge in [-0.2, -0.15) is 0 Å². The monoisotopic (exact) mass is 405 g/mol. The molecule has 8 nitrogen and oxygen atoms in total. The van der Waals surface area contributed by atoms with Crippen molar-refractivity contribution in [3.63, 3.8) is 0 Å². The lowest BCUT2D eigenvalue weighted by atomic mass is 10.1. The van der Waals surface area contributed by atoms with Crippen molar-refractivity contribution in [3.8, 4) is 0 Å². The Labute approximate surface area is 170 Å². The zero-order valence-electron chi connectivity index (χ0n) is 16.5. The van der Waals surface area contributed by atoms with E-state index in [0.717, 1.165) is 5.56 Å². The minimum Gasteiger partial charge on any atom is -0.450 e. The number of benzene rings is 2. The summed E-state index contributed by atoms with van der Waals surface area (Å²) in [6.07, 6.45) is 0.872. The number of nitrogens with one attached hydrogen (secondary N) is 1. The molecule has 4 aromatic rings. The molecule has 4 rings (SSSR count). The number of anilines is 1. The van der Waals surface area contributed by atoms with E-state index in [-0.39, 0.29) is 18.7 Å². The minimum atomic E-state index is -0.598. The number of rotatable bonds is 4. The Kier molecular flexibility index (Phi) is 5.05. The quantitative estimate of drug-likeness (QED) is 0.522. The Hall–Kier alpha value is -3.94. The third-order valence-corrected chi connectivity index (χ3v) is 4.67. The Morgan fingerprint density at radius 3 is 2.77 bits per heavy atom. The van der Waals surface area contributed by atoms with Crippen molar-refractivity contribution in [2.75, 3.05) is 11.9 Å². The second-order valence-electron chi connectivity index (χ2n) is 6.85. The van der Waals surface area contributed by atoms with Crippen LogP contribution in [-0.4, -0.2) is 22.3 Å². The molecule has 0 fully saturated rings. The summed E-state index contributed by atoms with van der Waals surface area (Å²) >= 11 is 0. The van der Waals surface area contributed by atoms with Crippen molar-refractivity contribution in [2.45, 2.75) is 20.4 Å². The van der Waals surface area contributed by atoms with Gasteiger partial charge in [-0.25, -0.2) is 14.6 Å². The highest BCUT2D eigenvalue weighted by Crippen LogP contribution is 2.22. The third kappa shape index (κ3) is 3.80. The van der Waals surface area contributed by atoms with E-state index in [1.54, 1.807) is 37.3 Å². The molecule has 0 saturated carbocycles. The van der Waals surface area contributed by atoms with E-state index < -0.39 is 11.7 Å². The molecule has 0 saturated heterocycles. The van der Waals surface area contributed by atoms with Crippen molar-refractivity contribution >= 4 is 33.7 Å². The van der Waals surface area contributed by atoms with Crippen LogP contribution in [0, 0.1) is 6.92 Å². The van der Waals surface area contributed by atoms with Gasteiger partial charge in [-0.15, -0.1) is 0 Å². The van der Waals surface area contributed by atoms with E-state index in [2.05, 4.69) is 10.3 Å². The lowest BCUT2D eigenvalue weighted by Crippen LogP contribution is -2.22. The minimum absolute atomic E-state index is 0.155. The van der Waals surface area contributed by atoms with E-state index in [9.17, 15) is 14.4 Å². The number of amides is 1. The summed E-state index contributed by atoms with van der Waals surface area (Å²) in [7, 11) is 0. The molecule has 1 amide bonds. The number of carbonyl (C=O) groups is 1. The molecule has 0 atom stereocenters. The summed E-state index contributed by atoms with van der Waals surface area (Å²) in [5.74, 6) is 0. The van der Waals surface area contributed by atoms with Crippen LogP contribution in [0.25, 0.3) is 21.9 Å². The van der Waals surface area contributed by atoms with Crippen LogP contribution in [0.4, 0.5) is 10.5 Å². The van der Waals surface area contributed by atoms with E-state index >= 15 is 0 Å². The van der Waals surface area contributed by atoms with Gasteiger partial charge < -0.3 is 9.15 Å². The Morgan fingerprint density at radius 1 is 1.13 bits per heavy atom. The van der Waals surface area contributed by atoms with Gasteiger partial charge in [0.25, 0.3) is 5.56 Å². The van der Waals surface area contributed by atoms with Crippen molar-refractivity contribution < 1.29 is 13.9 Å². The first-order valence-corrected chi connectivity index (χ1v) is 9.41. The smallest absolute Gasteiger partial charge is 0.411 e. The predicted octanol–water partition coefficient (Wildman–Crippen LogP) is 3.43. The molecular weight excluding hydrogens is 386 g/mol. The average Bonchev–Trinajstić information content (AvgIpc) is 2.70. The third-order valence-electron chi connectivity index (χ3n) is 4.67. The molecule has 30 heavy (non-hydrogen) atoms. The molecule has 2 aromatic heterocycles. The molecule has 0 unspecified atom stereocenters. The highest BCUT2D eigenvalue weighted by atomic mass is 16.5. The van der Waals surface area contributed by atoms with Gasteiger partial charge in [0.15, 0.2) is 0 Å². The van der Waals surface area contributed by atoms with E-state index in [1.807, 2.05) is 13.0 Å². The van der Waals surface area contributed by atoms with Crippen LogP contribution in [0.1, 0.15) is 18.1 Å². The Balaban J connectivity index is 1.75. The summed E-state index contributed by atoms with van der Waals surface area (Å²) < 4.78 is 11.6. The number of aryl methyl sites for hydroxylation is 1. The van der Waals surface area contributed by atoms with Gasteiger partial charge in [0.1, 0.15) is 5.58 Å². The average molecular weight is 405 g/mol.